The highest BCUT2D eigenvalue weighted by Crippen LogP contribution is 2.13. The molecule has 11 heavy (non-hydrogen) atoms. The number of nitrogens with zero attached hydrogens (tertiary/aromatic N) is 1. The zero-order valence-corrected chi connectivity index (χ0v) is 6.76. The summed E-state index contributed by atoms with van der Waals surface area (Å²) in [6.45, 7) is 0. The lowest BCUT2D eigenvalue weighted by atomic mass is 10.4. The zero-order chi connectivity index (χ0) is 8.85. The van der Waals surface area contributed by atoms with E-state index in [1.54, 1.807) is 6.07 Å². The largest absolute Gasteiger partial charge is 0.379 e. The molecule has 0 bridgehead atoms. The summed E-state index contributed by atoms with van der Waals surface area (Å²) in [6, 6.07) is 1.75. The van der Waals surface area contributed by atoms with Crippen LogP contribution in [0, 0.1) is 16.7 Å². The molecule has 0 amide bonds. The van der Waals surface area contributed by atoms with E-state index < -0.39 is 11.5 Å². The number of ether oxygens (including phenoxy) is 1. The normalized spacial score (nSPS) is 15.0. The average molecular weight is 175 g/mol. The van der Waals surface area contributed by atoms with Gasteiger partial charge in [0.25, 0.3) is 0 Å². The van der Waals surface area contributed by atoms with Crippen molar-refractivity contribution in [2.45, 2.75) is 11.5 Å². The molecule has 0 heterocycles. The Morgan fingerprint density at radius 2 is 2.45 bits per heavy atom. The van der Waals surface area contributed by atoms with Gasteiger partial charge in [-0.2, -0.15) is 5.26 Å². The molecule has 4 N–H and O–H groups in total. The molecule has 0 rings (SSSR count). The SMILES string of the molecule is COC(O)C(C#N)SC(=N)N. The van der Waals surface area contributed by atoms with E-state index in [4.69, 9.17) is 21.5 Å². The smallest absolute Gasteiger partial charge is 0.179 e. The van der Waals surface area contributed by atoms with E-state index in [0.717, 1.165) is 11.8 Å². The molecule has 0 aliphatic heterocycles. The molecule has 6 heteroatoms. The second-order valence-corrected chi connectivity index (χ2v) is 2.84. The second-order valence-electron chi connectivity index (χ2n) is 1.66. The number of nitrogens with one attached hydrogen (secondary N) is 1. The van der Waals surface area contributed by atoms with Crippen LogP contribution in [-0.4, -0.2) is 28.9 Å². The quantitative estimate of drug-likeness (QED) is 0.304. The lowest BCUT2D eigenvalue weighted by Gasteiger charge is -2.12. The van der Waals surface area contributed by atoms with E-state index >= 15 is 0 Å². The summed E-state index contributed by atoms with van der Waals surface area (Å²) in [6.07, 6.45) is -1.20. The van der Waals surface area contributed by atoms with Crippen molar-refractivity contribution < 1.29 is 9.84 Å². The van der Waals surface area contributed by atoms with Gasteiger partial charge in [-0.3, -0.25) is 5.41 Å². The zero-order valence-electron chi connectivity index (χ0n) is 5.94. The van der Waals surface area contributed by atoms with Crippen molar-refractivity contribution in [3.05, 3.63) is 0 Å². The fourth-order valence-corrected chi connectivity index (χ4v) is 0.963. The first-order valence-electron chi connectivity index (χ1n) is 2.73. The van der Waals surface area contributed by atoms with Gasteiger partial charge in [0, 0.05) is 7.11 Å². The van der Waals surface area contributed by atoms with Gasteiger partial charge in [0.2, 0.25) is 0 Å². The van der Waals surface area contributed by atoms with Crippen molar-refractivity contribution in [2.75, 3.05) is 7.11 Å². The van der Waals surface area contributed by atoms with Gasteiger partial charge in [-0.25, -0.2) is 0 Å². The van der Waals surface area contributed by atoms with Crippen molar-refractivity contribution in [2.24, 2.45) is 5.73 Å². The molecule has 0 aliphatic rings. The minimum Gasteiger partial charge on any atom is -0.379 e. The third-order valence-corrected chi connectivity index (χ3v) is 1.73. The van der Waals surface area contributed by atoms with Crippen molar-refractivity contribution in [3.63, 3.8) is 0 Å². The highest BCUT2D eigenvalue weighted by molar-refractivity contribution is 8.14. The first-order chi connectivity index (χ1) is 5.11. The third kappa shape index (κ3) is 3.83. The molecular weight excluding hydrogens is 166 g/mol. The number of nitriles is 1. The van der Waals surface area contributed by atoms with Gasteiger partial charge in [0.05, 0.1) is 6.07 Å². The molecule has 2 unspecified atom stereocenters. The Balaban J connectivity index is 3.97. The molecular formula is C5H9N3O2S. The number of methoxy groups -OCH3 is 1. The number of rotatable bonds is 3. The molecule has 0 saturated heterocycles. The lowest BCUT2D eigenvalue weighted by Crippen LogP contribution is -2.26. The minimum atomic E-state index is -1.20. The Hall–Kier alpha value is -0.770. The van der Waals surface area contributed by atoms with Gasteiger partial charge in [-0.15, -0.1) is 0 Å². The summed E-state index contributed by atoms with van der Waals surface area (Å²) in [7, 11) is 1.27. The predicted molar refractivity (Wildman–Crippen MR) is 41.9 cm³/mol. The summed E-state index contributed by atoms with van der Waals surface area (Å²) in [4.78, 5) is 0. The van der Waals surface area contributed by atoms with Gasteiger partial charge >= 0.3 is 0 Å². The standard InChI is InChI=1S/C5H9N3O2S/c1-10-4(9)3(2-6)11-5(7)8/h3-4,9H,1H3,(H3,7,8). The van der Waals surface area contributed by atoms with E-state index in [0.29, 0.717) is 0 Å². The van der Waals surface area contributed by atoms with Gasteiger partial charge < -0.3 is 15.6 Å². The van der Waals surface area contributed by atoms with Crippen molar-refractivity contribution >= 4 is 16.9 Å². The second kappa shape index (κ2) is 4.96. The Kier molecular flexibility index (Phi) is 4.61. The first kappa shape index (κ1) is 10.2. The maximum Gasteiger partial charge on any atom is 0.179 e. The summed E-state index contributed by atoms with van der Waals surface area (Å²) in [5.74, 6) is 0. The first-order valence-corrected chi connectivity index (χ1v) is 3.61. The van der Waals surface area contributed by atoms with E-state index in [1.165, 1.54) is 7.11 Å². The molecule has 62 valence electrons. The van der Waals surface area contributed by atoms with Gasteiger partial charge in [0.1, 0.15) is 5.25 Å². The Bertz CT molecular complexity index is 179. The average Bonchev–Trinajstić information content (AvgIpc) is 1.98. The van der Waals surface area contributed by atoms with Crippen LogP contribution in [0.3, 0.4) is 0 Å². The number of amidine groups is 1. The van der Waals surface area contributed by atoms with Gasteiger partial charge in [0.15, 0.2) is 11.5 Å². The van der Waals surface area contributed by atoms with Crippen molar-refractivity contribution in [1.29, 1.82) is 10.7 Å². The number of hydrogen-bond acceptors (Lipinski definition) is 5. The Morgan fingerprint density at radius 1 is 1.91 bits per heavy atom. The highest BCUT2D eigenvalue weighted by atomic mass is 32.2. The van der Waals surface area contributed by atoms with E-state index in [9.17, 15) is 0 Å². The van der Waals surface area contributed by atoms with Crippen LogP contribution in [0.2, 0.25) is 0 Å². The van der Waals surface area contributed by atoms with Crippen LogP contribution < -0.4 is 5.73 Å². The van der Waals surface area contributed by atoms with Gasteiger partial charge in [-0.1, -0.05) is 11.8 Å². The topological polar surface area (TPSA) is 103 Å². The summed E-state index contributed by atoms with van der Waals surface area (Å²) in [5, 5.41) is 23.1. The number of hydrogen-bond donors (Lipinski definition) is 3. The minimum absolute atomic E-state index is 0.215. The van der Waals surface area contributed by atoms with Crippen LogP contribution in [0.15, 0.2) is 0 Å². The molecule has 0 saturated carbocycles. The van der Waals surface area contributed by atoms with Crippen LogP contribution in [0.25, 0.3) is 0 Å². The molecule has 0 spiro atoms. The van der Waals surface area contributed by atoms with Gasteiger partial charge in [-0.05, 0) is 0 Å². The van der Waals surface area contributed by atoms with Crippen LogP contribution >= 0.6 is 11.8 Å². The molecule has 5 nitrogen and oxygen atoms in total. The molecule has 0 aromatic carbocycles. The van der Waals surface area contributed by atoms with E-state index in [-0.39, 0.29) is 5.17 Å². The Morgan fingerprint density at radius 3 is 2.73 bits per heavy atom. The van der Waals surface area contributed by atoms with E-state index in [1.807, 2.05) is 0 Å². The molecule has 0 aliphatic carbocycles. The number of aliphatic hydroxyl groups is 1. The molecule has 0 fully saturated rings. The monoisotopic (exact) mass is 175 g/mol. The molecule has 0 aromatic rings. The summed E-state index contributed by atoms with van der Waals surface area (Å²) < 4.78 is 4.46. The van der Waals surface area contributed by atoms with Crippen LogP contribution in [0.1, 0.15) is 0 Å². The third-order valence-electron chi connectivity index (χ3n) is 0.882. The predicted octanol–water partition coefficient (Wildman–Crippen LogP) is -0.530. The maximum absolute atomic E-state index is 8.95. The van der Waals surface area contributed by atoms with Crippen molar-refractivity contribution in [1.82, 2.24) is 0 Å². The Labute approximate surface area is 68.6 Å². The van der Waals surface area contributed by atoms with E-state index in [2.05, 4.69) is 4.74 Å². The summed E-state index contributed by atoms with van der Waals surface area (Å²) in [5.41, 5.74) is 4.99. The lowest BCUT2D eigenvalue weighted by molar-refractivity contribution is -0.0650. The van der Waals surface area contributed by atoms with Crippen LogP contribution in [0.5, 0.6) is 0 Å². The number of aliphatic hydroxyl groups excluding tert-OH is 1. The number of nitrogens with two attached hydrogens (primary N) is 1. The maximum atomic E-state index is 8.95. The highest BCUT2D eigenvalue weighted by Gasteiger charge is 2.19. The molecule has 2 atom stereocenters. The molecule has 0 radical (unpaired) electrons. The fraction of sp³-hybridized carbons (Fsp3) is 0.600. The fourth-order valence-electron chi connectivity index (χ4n) is 0.409. The van der Waals surface area contributed by atoms with Crippen LogP contribution in [0.4, 0.5) is 0 Å². The summed E-state index contributed by atoms with van der Waals surface area (Å²) >= 11 is 0.757. The molecule has 0 aromatic heterocycles. The van der Waals surface area contributed by atoms with Crippen molar-refractivity contribution in [3.8, 4) is 6.07 Å². The van der Waals surface area contributed by atoms with Crippen LogP contribution in [-0.2, 0) is 4.74 Å². The number of thioether (sulfide) groups is 1.